The zero-order chi connectivity index (χ0) is 16.4. The smallest absolute Gasteiger partial charge is 0.214 e. The number of para-hydroxylation sites is 1. The first-order valence-corrected chi connectivity index (χ1v) is 7.58. The third kappa shape index (κ3) is 2.98. The van der Waals surface area contributed by atoms with E-state index in [1.807, 2.05) is 36.4 Å². The number of nitro groups is 1. The number of aromatic amines is 1. The summed E-state index contributed by atoms with van der Waals surface area (Å²) in [6.45, 7) is 3.64. The number of aromatic nitrogens is 1. The SMILES string of the molecule is C=Cc1[nH]c2ccccc2c1C(C[N+](=O)[O-])c1ccc(Cl)cc1. The summed E-state index contributed by atoms with van der Waals surface area (Å²) in [5, 5.41) is 12.8. The van der Waals surface area contributed by atoms with Crippen molar-refractivity contribution < 1.29 is 4.92 Å². The molecule has 3 rings (SSSR count). The van der Waals surface area contributed by atoms with Gasteiger partial charge in [-0.05, 0) is 35.4 Å². The van der Waals surface area contributed by atoms with E-state index in [1.165, 1.54) is 0 Å². The van der Waals surface area contributed by atoms with Gasteiger partial charge in [0.25, 0.3) is 0 Å². The van der Waals surface area contributed by atoms with Crippen molar-refractivity contribution in [3.8, 4) is 0 Å². The van der Waals surface area contributed by atoms with Gasteiger partial charge in [0.2, 0.25) is 6.54 Å². The molecule has 0 aliphatic heterocycles. The summed E-state index contributed by atoms with van der Waals surface area (Å²) in [5.74, 6) is -0.369. The Morgan fingerprint density at radius 2 is 1.91 bits per heavy atom. The van der Waals surface area contributed by atoms with Crippen molar-refractivity contribution in [1.82, 2.24) is 4.98 Å². The van der Waals surface area contributed by atoms with Crippen molar-refractivity contribution in [3.05, 3.63) is 87.1 Å². The molecule has 116 valence electrons. The number of halogens is 1. The fraction of sp³-hybridized carbons (Fsp3) is 0.111. The van der Waals surface area contributed by atoms with Gasteiger partial charge in [0.05, 0.1) is 5.92 Å². The first kappa shape index (κ1) is 15.3. The highest BCUT2D eigenvalue weighted by Crippen LogP contribution is 2.35. The Labute approximate surface area is 138 Å². The summed E-state index contributed by atoms with van der Waals surface area (Å²) >= 11 is 5.94. The van der Waals surface area contributed by atoms with E-state index in [9.17, 15) is 10.1 Å². The molecule has 23 heavy (non-hydrogen) atoms. The Bertz CT molecular complexity index is 868. The van der Waals surface area contributed by atoms with Crippen LogP contribution in [0.15, 0.2) is 55.1 Å². The fourth-order valence-corrected chi connectivity index (χ4v) is 3.05. The highest BCUT2D eigenvalue weighted by Gasteiger charge is 2.25. The van der Waals surface area contributed by atoms with Gasteiger partial charge in [-0.15, -0.1) is 0 Å². The van der Waals surface area contributed by atoms with Gasteiger partial charge in [-0.2, -0.15) is 0 Å². The van der Waals surface area contributed by atoms with Crippen molar-refractivity contribution in [2.24, 2.45) is 0 Å². The predicted octanol–water partition coefficient (Wildman–Crippen LogP) is 4.87. The van der Waals surface area contributed by atoms with Gasteiger partial charge < -0.3 is 4.98 Å². The van der Waals surface area contributed by atoms with E-state index in [0.29, 0.717) is 5.02 Å². The highest BCUT2D eigenvalue weighted by atomic mass is 35.5. The zero-order valence-electron chi connectivity index (χ0n) is 12.3. The molecule has 0 amide bonds. The number of benzene rings is 2. The number of nitrogens with one attached hydrogen (secondary N) is 1. The molecule has 0 aliphatic rings. The van der Waals surface area contributed by atoms with E-state index in [1.54, 1.807) is 18.2 Å². The third-order valence-corrected chi connectivity index (χ3v) is 4.19. The predicted molar refractivity (Wildman–Crippen MR) is 93.5 cm³/mol. The number of hydrogen-bond acceptors (Lipinski definition) is 2. The standard InChI is InChI=1S/C18H15ClN2O2/c1-2-16-18(14-5-3-4-6-17(14)20-16)15(11-21(22)23)12-7-9-13(19)10-8-12/h2-10,15,20H,1,11H2. The van der Waals surface area contributed by atoms with Gasteiger partial charge in [-0.25, -0.2) is 0 Å². The second-order valence-corrected chi connectivity index (χ2v) is 5.76. The van der Waals surface area contributed by atoms with Gasteiger partial charge in [-0.1, -0.05) is 48.5 Å². The quantitative estimate of drug-likeness (QED) is 0.537. The van der Waals surface area contributed by atoms with Crippen molar-refractivity contribution in [2.45, 2.75) is 5.92 Å². The van der Waals surface area contributed by atoms with Crippen LogP contribution in [0.25, 0.3) is 17.0 Å². The minimum absolute atomic E-state index is 0.190. The van der Waals surface area contributed by atoms with Gasteiger partial charge in [-0.3, -0.25) is 10.1 Å². The molecule has 1 atom stereocenters. The number of nitrogens with zero attached hydrogens (tertiary/aromatic N) is 1. The second-order valence-electron chi connectivity index (χ2n) is 5.32. The molecule has 0 saturated carbocycles. The van der Waals surface area contributed by atoms with Crippen LogP contribution in [0, 0.1) is 10.1 Å². The maximum atomic E-state index is 11.2. The lowest BCUT2D eigenvalue weighted by Gasteiger charge is -2.14. The van der Waals surface area contributed by atoms with Crippen LogP contribution in [0.4, 0.5) is 0 Å². The first-order valence-electron chi connectivity index (χ1n) is 7.20. The topological polar surface area (TPSA) is 58.9 Å². The summed E-state index contributed by atoms with van der Waals surface area (Å²) in [4.78, 5) is 14.2. The number of H-pyrrole nitrogens is 1. The lowest BCUT2D eigenvalue weighted by molar-refractivity contribution is -0.481. The molecular weight excluding hydrogens is 312 g/mol. The summed E-state index contributed by atoms with van der Waals surface area (Å²) in [7, 11) is 0. The van der Waals surface area contributed by atoms with Crippen molar-refractivity contribution in [2.75, 3.05) is 6.54 Å². The second kappa shape index (κ2) is 6.26. The molecule has 0 bridgehead atoms. The summed E-state index contributed by atoms with van der Waals surface area (Å²) in [6.07, 6.45) is 1.71. The highest BCUT2D eigenvalue weighted by molar-refractivity contribution is 6.30. The average Bonchev–Trinajstić information content (AvgIpc) is 2.92. The molecule has 0 saturated heterocycles. The van der Waals surface area contributed by atoms with Crippen molar-refractivity contribution >= 4 is 28.6 Å². The normalized spacial score (nSPS) is 12.2. The largest absolute Gasteiger partial charge is 0.355 e. The van der Waals surface area contributed by atoms with Crippen LogP contribution in [0.2, 0.25) is 5.02 Å². The molecule has 0 radical (unpaired) electrons. The van der Waals surface area contributed by atoms with E-state index in [4.69, 9.17) is 11.6 Å². The molecule has 1 N–H and O–H groups in total. The summed E-state index contributed by atoms with van der Waals surface area (Å²) in [6, 6.07) is 15.0. The molecule has 4 nitrogen and oxygen atoms in total. The molecule has 3 aromatic rings. The van der Waals surface area contributed by atoms with Crippen molar-refractivity contribution in [3.63, 3.8) is 0 Å². The van der Waals surface area contributed by atoms with Crippen LogP contribution in [0.5, 0.6) is 0 Å². The first-order chi connectivity index (χ1) is 11.1. The molecule has 0 fully saturated rings. The van der Waals surface area contributed by atoms with E-state index >= 15 is 0 Å². The third-order valence-electron chi connectivity index (χ3n) is 3.93. The van der Waals surface area contributed by atoms with Crippen LogP contribution in [0.3, 0.4) is 0 Å². The minimum Gasteiger partial charge on any atom is -0.355 e. The van der Waals surface area contributed by atoms with Crippen LogP contribution in [-0.2, 0) is 0 Å². The number of rotatable bonds is 5. The van der Waals surface area contributed by atoms with Gasteiger partial charge in [0, 0.05) is 26.5 Å². The van der Waals surface area contributed by atoms with Crippen LogP contribution in [0.1, 0.15) is 22.7 Å². The van der Waals surface area contributed by atoms with Gasteiger partial charge in [0.1, 0.15) is 0 Å². The fourth-order valence-electron chi connectivity index (χ4n) is 2.93. The Hall–Kier alpha value is -2.59. The Morgan fingerprint density at radius 3 is 2.57 bits per heavy atom. The summed E-state index contributed by atoms with van der Waals surface area (Å²) in [5.41, 5.74) is 3.52. The molecule has 1 aromatic heterocycles. The van der Waals surface area contributed by atoms with Gasteiger partial charge >= 0.3 is 0 Å². The van der Waals surface area contributed by atoms with Crippen LogP contribution >= 0.6 is 11.6 Å². The molecular formula is C18H15ClN2O2. The monoisotopic (exact) mass is 326 g/mol. The summed E-state index contributed by atoms with van der Waals surface area (Å²) < 4.78 is 0. The number of hydrogen-bond donors (Lipinski definition) is 1. The Balaban J connectivity index is 2.22. The van der Waals surface area contributed by atoms with Crippen LogP contribution in [-0.4, -0.2) is 16.5 Å². The molecule has 5 heteroatoms. The molecule has 0 aliphatic carbocycles. The van der Waals surface area contributed by atoms with Gasteiger partial charge in [0.15, 0.2) is 0 Å². The minimum atomic E-state index is -0.369. The molecule has 0 spiro atoms. The van der Waals surface area contributed by atoms with Crippen molar-refractivity contribution in [1.29, 1.82) is 0 Å². The van der Waals surface area contributed by atoms with E-state index in [0.717, 1.165) is 27.7 Å². The maximum absolute atomic E-state index is 11.2. The number of fused-ring (bicyclic) bond motifs is 1. The Morgan fingerprint density at radius 1 is 1.22 bits per heavy atom. The average molecular weight is 327 g/mol. The van der Waals surface area contributed by atoms with E-state index in [-0.39, 0.29) is 17.4 Å². The molecule has 1 unspecified atom stereocenters. The van der Waals surface area contributed by atoms with E-state index in [2.05, 4.69) is 11.6 Å². The lowest BCUT2D eigenvalue weighted by Crippen LogP contribution is -2.14. The molecule has 2 aromatic carbocycles. The molecule has 1 heterocycles. The van der Waals surface area contributed by atoms with Crippen LogP contribution < -0.4 is 0 Å². The maximum Gasteiger partial charge on any atom is 0.214 e. The Kier molecular flexibility index (Phi) is 4.17. The lowest BCUT2D eigenvalue weighted by atomic mass is 9.89. The zero-order valence-corrected chi connectivity index (χ0v) is 13.1. The van der Waals surface area contributed by atoms with E-state index < -0.39 is 0 Å².